The van der Waals surface area contributed by atoms with E-state index in [1.54, 1.807) is 17.6 Å². The van der Waals surface area contributed by atoms with Crippen molar-refractivity contribution in [1.82, 2.24) is 5.32 Å². The van der Waals surface area contributed by atoms with E-state index in [0.717, 1.165) is 35.6 Å². The molecule has 7 heteroatoms. The number of furan rings is 1. The topological polar surface area (TPSA) is 63.5 Å². The lowest BCUT2D eigenvalue weighted by atomic mass is 10.1. The molecule has 0 bridgehead atoms. The van der Waals surface area contributed by atoms with Crippen LogP contribution >= 0.6 is 23.6 Å². The Morgan fingerprint density at radius 2 is 2.36 bits per heavy atom. The zero-order valence-corrected chi connectivity index (χ0v) is 13.7. The maximum Gasteiger partial charge on any atom is 0.341 e. The van der Waals surface area contributed by atoms with Gasteiger partial charge in [0.2, 0.25) is 0 Å². The molecule has 2 heterocycles. The largest absolute Gasteiger partial charge is 0.467 e. The Morgan fingerprint density at radius 1 is 1.50 bits per heavy atom. The fourth-order valence-electron chi connectivity index (χ4n) is 2.54. The molecule has 116 valence electrons. The number of esters is 1. The number of nitrogens with one attached hydrogen (secondary N) is 2. The summed E-state index contributed by atoms with van der Waals surface area (Å²) in [4.78, 5) is 13.3. The molecule has 0 fully saturated rings. The van der Waals surface area contributed by atoms with Crippen LogP contribution in [0.1, 0.15) is 33.0 Å². The first-order valence-corrected chi connectivity index (χ1v) is 8.21. The molecule has 0 radical (unpaired) electrons. The van der Waals surface area contributed by atoms with Crippen molar-refractivity contribution >= 4 is 39.6 Å². The van der Waals surface area contributed by atoms with Crippen molar-refractivity contribution in [2.75, 3.05) is 12.4 Å². The Labute approximate surface area is 137 Å². The third-order valence-corrected chi connectivity index (χ3v) is 4.99. The van der Waals surface area contributed by atoms with Crippen molar-refractivity contribution in [1.29, 1.82) is 0 Å². The first-order chi connectivity index (χ1) is 10.7. The molecule has 0 aromatic carbocycles. The van der Waals surface area contributed by atoms with Crippen molar-refractivity contribution in [2.45, 2.75) is 25.8 Å². The van der Waals surface area contributed by atoms with Gasteiger partial charge in [0, 0.05) is 4.88 Å². The fraction of sp³-hybridized carbons (Fsp3) is 0.333. The monoisotopic (exact) mass is 336 g/mol. The van der Waals surface area contributed by atoms with Gasteiger partial charge < -0.3 is 19.8 Å². The SMILES string of the molecule is COC(=O)c1c(NC(=S)NCc2ccco2)sc2c1CCC2. The van der Waals surface area contributed by atoms with E-state index in [1.165, 1.54) is 12.0 Å². The molecule has 22 heavy (non-hydrogen) atoms. The van der Waals surface area contributed by atoms with Crippen molar-refractivity contribution in [3.63, 3.8) is 0 Å². The van der Waals surface area contributed by atoms with Crippen LogP contribution in [0.3, 0.4) is 0 Å². The smallest absolute Gasteiger partial charge is 0.341 e. The van der Waals surface area contributed by atoms with Gasteiger partial charge in [0.1, 0.15) is 10.8 Å². The first-order valence-electron chi connectivity index (χ1n) is 6.99. The van der Waals surface area contributed by atoms with Crippen LogP contribution in [0.5, 0.6) is 0 Å². The molecule has 2 N–H and O–H groups in total. The quantitative estimate of drug-likeness (QED) is 0.661. The average molecular weight is 336 g/mol. The molecule has 0 spiro atoms. The summed E-state index contributed by atoms with van der Waals surface area (Å²) in [5, 5.41) is 7.40. The van der Waals surface area contributed by atoms with Crippen LogP contribution in [0.4, 0.5) is 5.00 Å². The fourth-order valence-corrected chi connectivity index (χ4v) is 4.06. The molecule has 0 unspecified atom stereocenters. The second kappa shape index (κ2) is 6.50. The van der Waals surface area contributed by atoms with Gasteiger partial charge in [-0.15, -0.1) is 11.3 Å². The molecular formula is C15H16N2O3S2. The number of rotatable bonds is 4. The number of thiophene rings is 1. The number of carbonyl (C=O) groups is 1. The van der Waals surface area contributed by atoms with Crippen LogP contribution in [0.25, 0.3) is 0 Å². The lowest BCUT2D eigenvalue weighted by Gasteiger charge is -2.10. The van der Waals surface area contributed by atoms with E-state index in [4.69, 9.17) is 21.4 Å². The van der Waals surface area contributed by atoms with Gasteiger partial charge in [-0.05, 0) is 49.2 Å². The van der Waals surface area contributed by atoms with Crippen molar-refractivity contribution in [3.05, 3.63) is 40.2 Å². The maximum atomic E-state index is 12.0. The molecule has 3 rings (SSSR count). The van der Waals surface area contributed by atoms with E-state index in [2.05, 4.69) is 10.6 Å². The summed E-state index contributed by atoms with van der Waals surface area (Å²) in [7, 11) is 1.40. The minimum absolute atomic E-state index is 0.310. The molecular weight excluding hydrogens is 320 g/mol. The number of aryl methyl sites for hydroxylation is 1. The molecule has 1 aliphatic carbocycles. The number of ether oxygens (including phenoxy) is 1. The van der Waals surface area contributed by atoms with E-state index in [0.29, 0.717) is 17.2 Å². The van der Waals surface area contributed by atoms with Crippen LogP contribution in [-0.2, 0) is 24.1 Å². The zero-order chi connectivity index (χ0) is 15.5. The Kier molecular flexibility index (Phi) is 4.44. The van der Waals surface area contributed by atoms with Crippen molar-refractivity contribution < 1.29 is 13.9 Å². The molecule has 0 atom stereocenters. The predicted molar refractivity (Wildman–Crippen MR) is 89.5 cm³/mol. The van der Waals surface area contributed by atoms with Crippen molar-refractivity contribution in [3.8, 4) is 0 Å². The highest BCUT2D eigenvalue weighted by Crippen LogP contribution is 2.39. The van der Waals surface area contributed by atoms with Gasteiger partial charge >= 0.3 is 5.97 Å². The first kappa shape index (κ1) is 15.1. The second-order valence-electron chi connectivity index (χ2n) is 4.94. The zero-order valence-electron chi connectivity index (χ0n) is 12.1. The van der Waals surface area contributed by atoms with Gasteiger partial charge in [0.25, 0.3) is 0 Å². The Balaban J connectivity index is 1.72. The summed E-state index contributed by atoms with van der Waals surface area (Å²) >= 11 is 6.87. The van der Waals surface area contributed by atoms with Crippen molar-refractivity contribution in [2.24, 2.45) is 0 Å². The molecule has 5 nitrogen and oxygen atoms in total. The van der Waals surface area contributed by atoms with Gasteiger partial charge in [-0.3, -0.25) is 0 Å². The van der Waals surface area contributed by atoms with Crippen LogP contribution in [0.2, 0.25) is 0 Å². The Morgan fingerprint density at radius 3 is 3.09 bits per heavy atom. The third-order valence-electron chi connectivity index (χ3n) is 3.54. The van der Waals surface area contributed by atoms with E-state index in [9.17, 15) is 4.79 Å². The highest BCUT2D eigenvalue weighted by Gasteiger charge is 2.27. The lowest BCUT2D eigenvalue weighted by Crippen LogP contribution is -2.28. The number of carbonyl (C=O) groups excluding carboxylic acids is 1. The highest BCUT2D eigenvalue weighted by molar-refractivity contribution is 7.80. The molecule has 2 aromatic heterocycles. The van der Waals surface area contributed by atoms with E-state index in [-0.39, 0.29) is 5.97 Å². The van der Waals surface area contributed by atoms with E-state index < -0.39 is 0 Å². The van der Waals surface area contributed by atoms with Gasteiger partial charge in [0.15, 0.2) is 5.11 Å². The van der Waals surface area contributed by atoms with Crippen LogP contribution < -0.4 is 10.6 Å². The van der Waals surface area contributed by atoms with Crippen LogP contribution in [-0.4, -0.2) is 18.2 Å². The molecule has 0 saturated carbocycles. The molecule has 1 aliphatic rings. The Bertz CT molecular complexity index is 692. The summed E-state index contributed by atoms with van der Waals surface area (Å²) in [6, 6.07) is 3.70. The third kappa shape index (κ3) is 3.00. The second-order valence-corrected chi connectivity index (χ2v) is 6.45. The number of anilines is 1. The summed E-state index contributed by atoms with van der Waals surface area (Å²) in [6.07, 6.45) is 4.64. The minimum Gasteiger partial charge on any atom is -0.467 e. The van der Waals surface area contributed by atoms with Gasteiger partial charge in [-0.1, -0.05) is 0 Å². The predicted octanol–water partition coefficient (Wildman–Crippen LogP) is 3.10. The van der Waals surface area contributed by atoms with E-state index >= 15 is 0 Å². The van der Waals surface area contributed by atoms with Crippen LogP contribution in [0, 0.1) is 0 Å². The molecule has 0 amide bonds. The summed E-state index contributed by atoms with van der Waals surface area (Å²) in [5.74, 6) is 0.488. The van der Waals surface area contributed by atoms with Crippen LogP contribution in [0.15, 0.2) is 22.8 Å². The number of thiocarbonyl (C=S) groups is 1. The van der Waals surface area contributed by atoms with Gasteiger partial charge in [-0.2, -0.15) is 0 Å². The van der Waals surface area contributed by atoms with Gasteiger partial charge in [0.05, 0.1) is 25.5 Å². The number of fused-ring (bicyclic) bond motifs is 1. The minimum atomic E-state index is -0.310. The molecule has 2 aromatic rings. The standard InChI is InChI=1S/C15H16N2O3S2/c1-19-14(18)12-10-5-2-6-11(10)22-13(12)17-15(21)16-8-9-4-3-7-20-9/h3-4,7H,2,5-6,8H2,1H3,(H2,16,17,21). The summed E-state index contributed by atoms with van der Waals surface area (Å²) in [5.41, 5.74) is 1.73. The Hall–Kier alpha value is -1.86. The summed E-state index contributed by atoms with van der Waals surface area (Å²) in [6.45, 7) is 0.498. The highest BCUT2D eigenvalue weighted by atomic mass is 32.1. The maximum absolute atomic E-state index is 12.0. The lowest BCUT2D eigenvalue weighted by molar-refractivity contribution is 0.0601. The number of methoxy groups -OCH3 is 1. The molecule has 0 aliphatic heterocycles. The normalized spacial score (nSPS) is 12.8. The van der Waals surface area contributed by atoms with E-state index in [1.807, 2.05) is 12.1 Å². The molecule has 0 saturated heterocycles. The van der Waals surface area contributed by atoms with Gasteiger partial charge in [-0.25, -0.2) is 4.79 Å². The summed E-state index contributed by atoms with van der Waals surface area (Å²) < 4.78 is 10.2. The number of hydrogen-bond acceptors (Lipinski definition) is 5. The number of hydrogen-bond donors (Lipinski definition) is 2. The average Bonchev–Trinajstić information content (AvgIpc) is 3.21.